The zero-order valence-electron chi connectivity index (χ0n) is 12.9. The van der Waals surface area contributed by atoms with Crippen LogP contribution in [0.4, 0.5) is 0 Å². The van der Waals surface area contributed by atoms with E-state index in [-0.39, 0.29) is 12.5 Å². The van der Waals surface area contributed by atoms with E-state index in [9.17, 15) is 9.90 Å². The van der Waals surface area contributed by atoms with Crippen LogP contribution in [0, 0.1) is 0 Å². The van der Waals surface area contributed by atoms with Gasteiger partial charge in [0.15, 0.2) is 0 Å². The average Bonchev–Trinajstić information content (AvgIpc) is 2.97. The quantitative estimate of drug-likeness (QED) is 0.721. The first-order chi connectivity index (χ1) is 10.7. The number of amides is 1. The lowest BCUT2D eigenvalue weighted by Gasteiger charge is -2.22. The van der Waals surface area contributed by atoms with Gasteiger partial charge in [0.25, 0.3) is 0 Å². The van der Waals surface area contributed by atoms with E-state index in [1.54, 1.807) is 12.1 Å². The number of aliphatic hydroxyl groups excluding tert-OH is 1. The van der Waals surface area contributed by atoms with Crippen LogP contribution in [0.15, 0.2) is 24.3 Å². The van der Waals surface area contributed by atoms with Gasteiger partial charge in [-0.3, -0.25) is 9.69 Å². The van der Waals surface area contributed by atoms with E-state index < -0.39 is 0 Å². The molecule has 1 heterocycles. The largest absolute Gasteiger partial charge is 0.395 e. The van der Waals surface area contributed by atoms with E-state index in [0.717, 1.165) is 37.9 Å². The molecular formula is C17H25ClN2O2. The van der Waals surface area contributed by atoms with Crippen LogP contribution in [-0.4, -0.2) is 48.2 Å². The molecule has 22 heavy (non-hydrogen) atoms. The van der Waals surface area contributed by atoms with Gasteiger partial charge in [0.05, 0.1) is 13.0 Å². The van der Waals surface area contributed by atoms with E-state index in [1.807, 2.05) is 12.1 Å². The molecule has 2 N–H and O–H groups in total. The predicted molar refractivity (Wildman–Crippen MR) is 89.1 cm³/mol. The molecule has 122 valence electrons. The average molecular weight is 325 g/mol. The summed E-state index contributed by atoms with van der Waals surface area (Å²) in [6.07, 6.45) is 4.71. The highest BCUT2D eigenvalue weighted by Gasteiger charge is 2.22. The van der Waals surface area contributed by atoms with Crippen molar-refractivity contribution >= 4 is 17.5 Å². The number of rotatable bonds is 8. The normalized spacial score (nSPS) is 18.5. The van der Waals surface area contributed by atoms with E-state index in [1.165, 1.54) is 6.42 Å². The Morgan fingerprint density at radius 1 is 1.32 bits per heavy atom. The minimum atomic E-state index is 0.0525. The van der Waals surface area contributed by atoms with Crippen LogP contribution >= 0.6 is 11.6 Å². The maximum absolute atomic E-state index is 11.8. The van der Waals surface area contributed by atoms with Crippen molar-refractivity contribution in [1.29, 1.82) is 0 Å². The summed E-state index contributed by atoms with van der Waals surface area (Å²) in [5.41, 5.74) is 0.977. The van der Waals surface area contributed by atoms with Crippen LogP contribution in [0.3, 0.4) is 0 Å². The third-order valence-electron chi connectivity index (χ3n) is 4.18. The van der Waals surface area contributed by atoms with Crippen molar-refractivity contribution in [2.45, 2.75) is 38.1 Å². The molecule has 1 saturated heterocycles. The van der Waals surface area contributed by atoms with Gasteiger partial charge in [0.2, 0.25) is 5.91 Å². The molecule has 1 amide bonds. The van der Waals surface area contributed by atoms with Gasteiger partial charge in [0, 0.05) is 17.6 Å². The number of aliphatic hydroxyl groups is 1. The molecule has 1 aromatic carbocycles. The lowest BCUT2D eigenvalue weighted by molar-refractivity contribution is -0.120. The summed E-state index contributed by atoms with van der Waals surface area (Å²) < 4.78 is 0. The van der Waals surface area contributed by atoms with Crippen LogP contribution in [0.25, 0.3) is 0 Å². The van der Waals surface area contributed by atoms with Crippen molar-refractivity contribution in [2.75, 3.05) is 26.2 Å². The van der Waals surface area contributed by atoms with Crippen molar-refractivity contribution < 1.29 is 9.90 Å². The zero-order valence-corrected chi connectivity index (χ0v) is 13.7. The molecule has 0 aliphatic carbocycles. The summed E-state index contributed by atoms with van der Waals surface area (Å²) in [5, 5.41) is 12.9. The second kappa shape index (κ2) is 9.13. The number of hydrogen-bond acceptors (Lipinski definition) is 3. The Morgan fingerprint density at radius 2 is 2.09 bits per heavy atom. The molecule has 0 spiro atoms. The van der Waals surface area contributed by atoms with Gasteiger partial charge >= 0.3 is 0 Å². The second-order valence-corrected chi connectivity index (χ2v) is 6.31. The number of carbonyl (C=O) groups is 1. The minimum Gasteiger partial charge on any atom is -0.395 e. The Hall–Kier alpha value is -1.10. The summed E-state index contributed by atoms with van der Waals surface area (Å²) in [4.78, 5) is 14.2. The lowest BCUT2D eigenvalue weighted by Crippen LogP contribution is -2.33. The number of halogens is 1. The molecule has 0 radical (unpaired) electrons. The van der Waals surface area contributed by atoms with Crippen molar-refractivity contribution in [3.8, 4) is 0 Å². The molecule has 1 unspecified atom stereocenters. The molecule has 0 aromatic heterocycles. The molecule has 2 rings (SSSR count). The van der Waals surface area contributed by atoms with Gasteiger partial charge in [-0.2, -0.15) is 0 Å². The fourth-order valence-corrected chi connectivity index (χ4v) is 3.04. The standard InChI is InChI=1S/C17H25ClN2O2/c18-15-7-5-14(6-8-15)12-17(22)19-9-1-2-10-20-11-3-4-16(20)13-21/h5-8,16,21H,1-4,9-13H2,(H,19,22). The van der Waals surface area contributed by atoms with Gasteiger partial charge in [0.1, 0.15) is 0 Å². The van der Waals surface area contributed by atoms with Gasteiger partial charge in [-0.15, -0.1) is 0 Å². The molecule has 1 aliphatic heterocycles. The van der Waals surface area contributed by atoms with E-state index in [0.29, 0.717) is 24.0 Å². The van der Waals surface area contributed by atoms with Gasteiger partial charge < -0.3 is 10.4 Å². The number of likely N-dealkylation sites (tertiary alicyclic amines) is 1. The second-order valence-electron chi connectivity index (χ2n) is 5.87. The molecule has 1 fully saturated rings. The summed E-state index contributed by atoms with van der Waals surface area (Å²) in [5.74, 6) is 0.0525. The minimum absolute atomic E-state index is 0.0525. The molecule has 5 heteroatoms. The molecular weight excluding hydrogens is 300 g/mol. The van der Waals surface area contributed by atoms with Gasteiger partial charge in [-0.25, -0.2) is 0 Å². The number of hydrogen-bond donors (Lipinski definition) is 2. The van der Waals surface area contributed by atoms with Crippen LogP contribution in [0.5, 0.6) is 0 Å². The molecule has 1 aliphatic rings. The van der Waals surface area contributed by atoms with Crippen molar-refractivity contribution in [1.82, 2.24) is 10.2 Å². The van der Waals surface area contributed by atoms with E-state index in [2.05, 4.69) is 10.2 Å². The maximum Gasteiger partial charge on any atom is 0.224 e. The van der Waals surface area contributed by atoms with Crippen LogP contribution in [-0.2, 0) is 11.2 Å². The lowest BCUT2D eigenvalue weighted by atomic mass is 10.1. The van der Waals surface area contributed by atoms with Gasteiger partial charge in [-0.1, -0.05) is 23.7 Å². The fraction of sp³-hybridized carbons (Fsp3) is 0.588. The van der Waals surface area contributed by atoms with Crippen molar-refractivity contribution in [2.24, 2.45) is 0 Å². The Labute approximate surface area is 137 Å². The Kier molecular flexibility index (Phi) is 7.16. The smallest absolute Gasteiger partial charge is 0.224 e. The monoisotopic (exact) mass is 324 g/mol. The third kappa shape index (κ3) is 5.59. The first kappa shape index (κ1) is 17.3. The summed E-state index contributed by atoms with van der Waals surface area (Å²) >= 11 is 5.82. The van der Waals surface area contributed by atoms with Crippen LogP contribution < -0.4 is 5.32 Å². The first-order valence-corrected chi connectivity index (χ1v) is 8.43. The highest BCUT2D eigenvalue weighted by Crippen LogP contribution is 2.16. The van der Waals surface area contributed by atoms with Crippen molar-refractivity contribution in [3.63, 3.8) is 0 Å². The molecule has 1 atom stereocenters. The highest BCUT2D eigenvalue weighted by molar-refractivity contribution is 6.30. The maximum atomic E-state index is 11.8. The van der Waals surface area contributed by atoms with Crippen LogP contribution in [0.2, 0.25) is 5.02 Å². The number of unbranched alkanes of at least 4 members (excludes halogenated alkanes) is 1. The summed E-state index contributed by atoms with van der Waals surface area (Å²) in [6.45, 7) is 3.08. The Balaban J connectivity index is 1.56. The fourth-order valence-electron chi connectivity index (χ4n) is 2.91. The number of benzene rings is 1. The van der Waals surface area contributed by atoms with Gasteiger partial charge in [-0.05, 0) is 56.5 Å². The third-order valence-corrected chi connectivity index (χ3v) is 4.43. The number of carbonyl (C=O) groups excluding carboxylic acids is 1. The molecule has 1 aromatic rings. The highest BCUT2D eigenvalue weighted by atomic mass is 35.5. The summed E-state index contributed by atoms with van der Waals surface area (Å²) in [6, 6.07) is 7.71. The van der Waals surface area contributed by atoms with Crippen LogP contribution in [0.1, 0.15) is 31.2 Å². The molecule has 0 saturated carbocycles. The number of nitrogens with one attached hydrogen (secondary N) is 1. The molecule has 0 bridgehead atoms. The Morgan fingerprint density at radius 3 is 2.82 bits per heavy atom. The predicted octanol–water partition coefficient (Wildman–Crippen LogP) is 2.24. The first-order valence-electron chi connectivity index (χ1n) is 8.05. The number of nitrogens with zero attached hydrogens (tertiary/aromatic N) is 1. The van der Waals surface area contributed by atoms with E-state index in [4.69, 9.17) is 11.6 Å². The van der Waals surface area contributed by atoms with E-state index >= 15 is 0 Å². The molecule has 4 nitrogen and oxygen atoms in total. The topological polar surface area (TPSA) is 52.6 Å². The SMILES string of the molecule is O=C(Cc1ccc(Cl)cc1)NCCCCN1CCCC1CO. The Bertz CT molecular complexity index is 464. The summed E-state index contributed by atoms with van der Waals surface area (Å²) in [7, 11) is 0. The van der Waals surface area contributed by atoms with Crippen molar-refractivity contribution in [3.05, 3.63) is 34.9 Å². The zero-order chi connectivity index (χ0) is 15.8.